The van der Waals surface area contributed by atoms with E-state index in [0.717, 1.165) is 22.2 Å². The fourth-order valence-corrected chi connectivity index (χ4v) is 3.38. The van der Waals surface area contributed by atoms with E-state index in [0.29, 0.717) is 29.4 Å². The number of imidazole rings is 1. The highest BCUT2D eigenvalue weighted by Gasteiger charge is 2.14. The summed E-state index contributed by atoms with van der Waals surface area (Å²) in [6, 6.07) is 19.1. The Hall–Kier alpha value is -4.33. The van der Waals surface area contributed by atoms with E-state index in [2.05, 4.69) is 25.7 Å². The SMILES string of the molecule is COc1ccc(CNc2ccc3ncc(C(=O)Nc4ccc5[nH]ccc5c4)n3n2)cc1. The van der Waals surface area contributed by atoms with Gasteiger partial charge in [-0.25, -0.2) is 9.50 Å². The second-order valence-corrected chi connectivity index (χ2v) is 7.07. The van der Waals surface area contributed by atoms with Gasteiger partial charge in [0, 0.05) is 29.3 Å². The van der Waals surface area contributed by atoms with Crippen molar-refractivity contribution >= 4 is 34.0 Å². The lowest BCUT2D eigenvalue weighted by atomic mass is 10.2. The van der Waals surface area contributed by atoms with E-state index in [-0.39, 0.29) is 5.91 Å². The molecule has 0 bridgehead atoms. The van der Waals surface area contributed by atoms with Gasteiger partial charge in [0.2, 0.25) is 0 Å². The number of benzene rings is 2. The molecule has 0 aliphatic carbocycles. The van der Waals surface area contributed by atoms with Crippen molar-refractivity contribution in [3.63, 3.8) is 0 Å². The summed E-state index contributed by atoms with van der Waals surface area (Å²) in [5, 5.41) is 11.8. The van der Waals surface area contributed by atoms with Gasteiger partial charge in [0.1, 0.15) is 11.6 Å². The lowest BCUT2D eigenvalue weighted by molar-refractivity contribution is 0.102. The minimum absolute atomic E-state index is 0.276. The fourth-order valence-electron chi connectivity index (χ4n) is 3.38. The summed E-state index contributed by atoms with van der Waals surface area (Å²) in [4.78, 5) is 20.3. The first-order valence-corrected chi connectivity index (χ1v) is 9.80. The Balaban J connectivity index is 1.34. The minimum Gasteiger partial charge on any atom is -0.497 e. The zero-order chi connectivity index (χ0) is 21.2. The average Bonchev–Trinajstić information content (AvgIpc) is 3.44. The highest BCUT2D eigenvalue weighted by molar-refractivity contribution is 6.04. The monoisotopic (exact) mass is 412 g/mol. The molecular formula is C23H20N6O2. The average molecular weight is 412 g/mol. The Labute approximate surface area is 177 Å². The third-order valence-corrected chi connectivity index (χ3v) is 5.04. The molecule has 154 valence electrons. The van der Waals surface area contributed by atoms with E-state index >= 15 is 0 Å². The molecule has 1 amide bonds. The first-order chi connectivity index (χ1) is 15.2. The van der Waals surface area contributed by atoms with E-state index in [1.807, 2.05) is 66.9 Å². The van der Waals surface area contributed by atoms with Gasteiger partial charge in [-0.05, 0) is 54.1 Å². The number of ether oxygens (including phenoxy) is 1. The molecule has 8 heteroatoms. The quantitative estimate of drug-likeness (QED) is 0.390. The van der Waals surface area contributed by atoms with Crippen LogP contribution in [0.1, 0.15) is 16.1 Å². The molecule has 0 saturated carbocycles. The van der Waals surface area contributed by atoms with Crippen molar-refractivity contribution in [2.45, 2.75) is 6.54 Å². The van der Waals surface area contributed by atoms with Gasteiger partial charge in [-0.3, -0.25) is 4.79 Å². The van der Waals surface area contributed by atoms with Crippen molar-refractivity contribution in [2.75, 3.05) is 17.7 Å². The third kappa shape index (κ3) is 3.78. The molecule has 31 heavy (non-hydrogen) atoms. The van der Waals surface area contributed by atoms with E-state index in [1.165, 1.54) is 6.20 Å². The van der Waals surface area contributed by atoms with Crippen molar-refractivity contribution in [3.8, 4) is 5.75 Å². The maximum absolute atomic E-state index is 12.9. The van der Waals surface area contributed by atoms with E-state index in [1.54, 1.807) is 11.6 Å². The Morgan fingerprint density at radius 2 is 1.97 bits per heavy atom. The minimum atomic E-state index is -0.276. The molecule has 0 radical (unpaired) electrons. The second-order valence-electron chi connectivity index (χ2n) is 7.07. The number of nitrogens with one attached hydrogen (secondary N) is 3. The van der Waals surface area contributed by atoms with Crippen LogP contribution in [0.15, 0.2) is 73.1 Å². The molecule has 3 heterocycles. The number of methoxy groups -OCH3 is 1. The van der Waals surface area contributed by atoms with Crippen LogP contribution in [-0.4, -0.2) is 32.6 Å². The second kappa shape index (κ2) is 7.83. The molecule has 5 rings (SSSR count). The van der Waals surface area contributed by atoms with E-state index < -0.39 is 0 Å². The number of hydrogen-bond donors (Lipinski definition) is 3. The van der Waals surface area contributed by atoms with Crippen LogP contribution in [0.4, 0.5) is 11.5 Å². The molecule has 2 aromatic carbocycles. The molecule has 0 aliphatic rings. The van der Waals surface area contributed by atoms with Crippen LogP contribution in [0.3, 0.4) is 0 Å². The first-order valence-electron chi connectivity index (χ1n) is 9.80. The van der Waals surface area contributed by atoms with Crippen LogP contribution in [0, 0.1) is 0 Å². The van der Waals surface area contributed by atoms with Gasteiger partial charge in [-0.15, -0.1) is 5.10 Å². The number of rotatable bonds is 6. The number of aromatic nitrogens is 4. The van der Waals surface area contributed by atoms with Gasteiger partial charge >= 0.3 is 0 Å². The highest BCUT2D eigenvalue weighted by Crippen LogP contribution is 2.19. The highest BCUT2D eigenvalue weighted by atomic mass is 16.5. The third-order valence-electron chi connectivity index (χ3n) is 5.04. The van der Waals surface area contributed by atoms with Crippen molar-refractivity contribution in [3.05, 3.63) is 84.3 Å². The molecule has 3 N–H and O–H groups in total. The van der Waals surface area contributed by atoms with Crippen LogP contribution >= 0.6 is 0 Å². The van der Waals surface area contributed by atoms with Crippen molar-refractivity contribution < 1.29 is 9.53 Å². The lowest BCUT2D eigenvalue weighted by Crippen LogP contribution is -2.16. The number of carbonyl (C=O) groups is 1. The first kappa shape index (κ1) is 18.7. The lowest BCUT2D eigenvalue weighted by Gasteiger charge is -2.08. The summed E-state index contributed by atoms with van der Waals surface area (Å²) in [5.74, 6) is 1.18. The van der Waals surface area contributed by atoms with Crippen molar-refractivity contribution in [2.24, 2.45) is 0 Å². The Bertz CT molecular complexity index is 1370. The van der Waals surface area contributed by atoms with Crippen LogP contribution in [-0.2, 0) is 6.54 Å². The van der Waals surface area contributed by atoms with Crippen LogP contribution in [0.5, 0.6) is 5.75 Å². The number of aromatic amines is 1. The van der Waals surface area contributed by atoms with Gasteiger partial charge in [0.05, 0.1) is 13.3 Å². The predicted molar refractivity (Wildman–Crippen MR) is 120 cm³/mol. The number of amides is 1. The van der Waals surface area contributed by atoms with Crippen LogP contribution in [0.25, 0.3) is 16.6 Å². The molecule has 0 spiro atoms. The number of carbonyl (C=O) groups excluding carboxylic acids is 1. The number of nitrogens with zero attached hydrogens (tertiary/aromatic N) is 3. The van der Waals surface area contributed by atoms with Crippen LogP contribution < -0.4 is 15.4 Å². The smallest absolute Gasteiger partial charge is 0.276 e. The summed E-state index contributed by atoms with van der Waals surface area (Å²) in [5.41, 5.74) is 3.77. The maximum Gasteiger partial charge on any atom is 0.276 e. The normalized spacial score (nSPS) is 11.0. The Morgan fingerprint density at radius 3 is 2.81 bits per heavy atom. The molecule has 0 atom stereocenters. The number of anilines is 2. The molecule has 0 saturated heterocycles. The van der Waals surface area contributed by atoms with Gasteiger partial charge in [-0.2, -0.15) is 0 Å². The van der Waals surface area contributed by atoms with E-state index in [9.17, 15) is 4.79 Å². The summed E-state index contributed by atoms with van der Waals surface area (Å²) >= 11 is 0. The molecule has 8 nitrogen and oxygen atoms in total. The predicted octanol–water partition coefficient (Wildman–Crippen LogP) is 4.08. The summed E-state index contributed by atoms with van der Waals surface area (Å²) < 4.78 is 6.73. The molecule has 5 aromatic rings. The number of hydrogen-bond acceptors (Lipinski definition) is 5. The standard InChI is InChI=1S/C23H20N6O2/c1-31-18-5-2-15(3-6-18)13-25-21-8-9-22-26-14-20(29(22)28-21)23(30)27-17-4-7-19-16(12-17)10-11-24-19/h2-12,14,24H,13H2,1H3,(H,25,28)(H,27,30). The molecule has 0 aliphatic heterocycles. The number of fused-ring (bicyclic) bond motifs is 2. The largest absolute Gasteiger partial charge is 0.497 e. The van der Waals surface area contributed by atoms with Crippen molar-refractivity contribution in [1.29, 1.82) is 0 Å². The molecular weight excluding hydrogens is 392 g/mol. The summed E-state index contributed by atoms with van der Waals surface area (Å²) in [6.07, 6.45) is 3.39. The maximum atomic E-state index is 12.9. The molecule has 0 fully saturated rings. The fraction of sp³-hybridized carbons (Fsp3) is 0.0870. The van der Waals surface area contributed by atoms with Gasteiger partial charge in [0.25, 0.3) is 5.91 Å². The topological polar surface area (TPSA) is 96.3 Å². The summed E-state index contributed by atoms with van der Waals surface area (Å²) in [6.45, 7) is 0.593. The molecule has 0 unspecified atom stereocenters. The van der Waals surface area contributed by atoms with Crippen LogP contribution in [0.2, 0.25) is 0 Å². The van der Waals surface area contributed by atoms with Gasteiger partial charge in [0.15, 0.2) is 11.3 Å². The Morgan fingerprint density at radius 1 is 1.10 bits per heavy atom. The number of H-pyrrole nitrogens is 1. The Kier molecular flexibility index (Phi) is 4.72. The summed E-state index contributed by atoms with van der Waals surface area (Å²) in [7, 11) is 1.64. The zero-order valence-electron chi connectivity index (χ0n) is 16.8. The van der Waals surface area contributed by atoms with E-state index in [4.69, 9.17) is 4.74 Å². The van der Waals surface area contributed by atoms with Gasteiger partial charge in [-0.1, -0.05) is 12.1 Å². The molecule has 3 aromatic heterocycles. The van der Waals surface area contributed by atoms with Crippen molar-refractivity contribution in [1.82, 2.24) is 19.6 Å². The van der Waals surface area contributed by atoms with Gasteiger partial charge < -0.3 is 20.4 Å². The zero-order valence-corrected chi connectivity index (χ0v) is 16.8.